The first-order valence-corrected chi connectivity index (χ1v) is 3.94. The van der Waals surface area contributed by atoms with Crippen molar-refractivity contribution in [2.24, 2.45) is 5.73 Å². The summed E-state index contributed by atoms with van der Waals surface area (Å²) in [6, 6.07) is 0. The molecule has 1 aromatic heterocycles. The molecule has 0 atom stereocenters. The second-order valence-corrected chi connectivity index (χ2v) is 3.03. The summed E-state index contributed by atoms with van der Waals surface area (Å²) in [6.07, 6.45) is 1.52. The summed E-state index contributed by atoms with van der Waals surface area (Å²) in [5.41, 5.74) is 5.44. The molecule has 0 spiro atoms. The Kier molecular flexibility index (Phi) is 2.67. The lowest BCUT2D eigenvalue weighted by molar-refractivity contribution is 1.03. The number of nitrogens with two attached hydrogens (primary N) is 1. The molecule has 0 radical (unpaired) electrons. The number of rotatable bonds is 2. The van der Waals surface area contributed by atoms with E-state index in [9.17, 15) is 0 Å². The van der Waals surface area contributed by atoms with Crippen LogP contribution in [-0.4, -0.2) is 29.9 Å². The summed E-state index contributed by atoms with van der Waals surface area (Å²) in [5, 5.41) is 7.28. The zero-order valence-electron chi connectivity index (χ0n) is 7.37. The number of aromatic nitrogens is 2. The molecule has 0 saturated heterocycles. The highest BCUT2D eigenvalue weighted by Gasteiger charge is 2.08. The lowest BCUT2D eigenvalue weighted by Gasteiger charge is -2.11. The van der Waals surface area contributed by atoms with Crippen molar-refractivity contribution in [2.75, 3.05) is 19.0 Å². The smallest absolute Gasteiger partial charge is 0.160 e. The van der Waals surface area contributed by atoms with Gasteiger partial charge in [-0.05, 0) is 0 Å². The third kappa shape index (κ3) is 2.06. The fourth-order valence-corrected chi connectivity index (χ4v) is 0.991. The molecule has 3 N–H and O–H groups in total. The normalized spacial score (nSPS) is 9.77. The minimum absolute atomic E-state index is 0.152. The van der Waals surface area contributed by atoms with E-state index in [-0.39, 0.29) is 16.7 Å². The molecule has 0 aliphatic heterocycles. The number of hydrogen-bond donors (Lipinski definition) is 2. The average Bonchev–Trinajstić information content (AvgIpc) is 2.03. The number of hydrogen-bond acceptors (Lipinski definition) is 4. The van der Waals surface area contributed by atoms with E-state index in [2.05, 4.69) is 9.97 Å². The second kappa shape index (κ2) is 3.57. The Labute approximate surface area is 81.1 Å². The topological polar surface area (TPSA) is 78.9 Å². The number of nitrogens with zero attached hydrogens (tertiary/aromatic N) is 3. The predicted molar refractivity (Wildman–Crippen MR) is 52.4 cm³/mol. The minimum atomic E-state index is -0.178. The molecule has 1 heterocycles. The van der Waals surface area contributed by atoms with Crippen molar-refractivity contribution in [2.45, 2.75) is 0 Å². The van der Waals surface area contributed by atoms with Gasteiger partial charge in [-0.25, -0.2) is 9.97 Å². The van der Waals surface area contributed by atoms with Crippen LogP contribution in [0.15, 0.2) is 6.20 Å². The molecule has 5 nitrogen and oxygen atoms in total. The van der Waals surface area contributed by atoms with Crippen LogP contribution in [0, 0.1) is 5.41 Å². The molecule has 0 bridgehead atoms. The molecule has 6 heteroatoms. The van der Waals surface area contributed by atoms with Gasteiger partial charge in [-0.3, -0.25) is 5.41 Å². The summed E-state index contributed by atoms with van der Waals surface area (Å²) in [5.74, 6) is 0.456. The van der Waals surface area contributed by atoms with Gasteiger partial charge in [0.1, 0.15) is 17.3 Å². The van der Waals surface area contributed by atoms with Gasteiger partial charge in [-0.2, -0.15) is 0 Å². The lowest BCUT2D eigenvalue weighted by atomic mass is 10.4. The van der Waals surface area contributed by atoms with Crippen LogP contribution in [0.1, 0.15) is 5.69 Å². The van der Waals surface area contributed by atoms with E-state index in [4.69, 9.17) is 22.7 Å². The predicted octanol–water partition coefficient (Wildman–Crippen LogP) is 0.480. The third-order valence-corrected chi connectivity index (χ3v) is 1.69. The van der Waals surface area contributed by atoms with Crippen LogP contribution in [-0.2, 0) is 0 Å². The van der Waals surface area contributed by atoms with Crippen LogP contribution in [0.2, 0.25) is 5.15 Å². The van der Waals surface area contributed by atoms with Crippen LogP contribution in [0.3, 0.4) is 0 Å². The van der Waals surface area contributed by atoms with Crippen LogP contribution >= 0.6 is 11.6 Å². The second-order valence-electron chi connectivity index (χ2n) is 2.68. The number of anilines is 1. The Balaban J connectivity index is 3.13. The van der Waals surface area contributed by atoms with Crippen LogP contribution < -0.4 is 10.6 Å². The minimum Gasteiger partial charge on any atom is -0.382 e. The maximum atomic E-state index is 7.13. The fraction of sp³-hybridized carbons (Fsp3) is 0.286. The van der Waals surface area contributed by atoms with Crippen LogP contribution in [0.25, 0.3) is 0 Å². The zero-order chi connectivity index (χ0) is 10.0. The van der Waals surface area contributed by atoms with E-state index in [1.807, 2.05) is 14.1 Å². The summed E-state index contributed by atoms with van der Waals surface area (Å²) < 4.78 is 0. The Bertz CT molecular complexity index is 336. The van der Waals surface area contributed by atoms with Crippen molar-refractivity contribution in [1.29, 1.82) is 5.41 Å². The summed E-state index contributed by atoms with van der Waals surface area (Å²) in [4.78, 5) is 9.68. The van der Waals surface area contributed by atoms with Crippen molar-refractivity contribution in [1.82, 2.24) is 9.97 Å². The fourth-order valence-electron chi connectivity index (χ4n) is 0.754. The van der Waals surface area contributed by atoms with E-state index >= 15 is 0 Å². The maximum Gasteiger partial charge on any atom is 0.160 e. The number of nitrogen functional groups attached to an aromatic ring is 1. The largest absolute Gasteiger partial charge is 0.382 e. The molecule has 13 heavy (non-hydrogen) atoms. The molecule has 0 amide bonds. The van der Waals surface area contributed by atoms with E-state index < -0.39 is 0 Å². The molecule has 0 aliphatic rings. The standard InChI is InChI=1S/C7H10ClN5/c1-13(2)4-3-11-5(7(9)10)6(8)12-4/h3H,1-2H3,(H3,9,10). The van der Waals surface area contributed by atoms with Crippen molar-refractivity contribution < 1.29 is 0 Å². The van der Waals surface area contributed by atoms with Gasteiger partial charge in [0.05, 0.1) is 6.20 Å². The first-order valence-electron chi connectivity index (χ1n) is 3.56. The third-order valence-electron chi connectivity index (χ3n) is 1.43. The van der Waals surface area contributed by atoms with Crippen molar-refractivity contribution in [3.63, 3.8) is 0 Å². The van der Waals surface area contributed by atoms with E-state index in [0.29, 0.717) is 5.82 Å². The van der Waals surface area contributed by atoms with Gasteiger partial charge in [0.2, 0.25) is 0 Å². The highest BCUT2D eigenvalue weighted by atomic mass is 35.5. The van der Waals surface area contributed by atoms with Gasteiger partial charge < -0.3 is 10.6 Å². The van der Waals surface area contributed by atoms with Crippen molar-refractivity contribution >= 4 is 23.3 Å². The van der Waals surface area contributed by atoms with Gasteiger partial charge in [0, 0.05) is 14.1 Å². The van der Waals surface area contributed by atoms with Crippen molar-refractivity contribution in [3.8, 4) is 0 Å². The van der Waals surface area contributed by atoms with Gasteiger partial charge >= 0.3 is 0 Å². The van der Waals surface area contributed by atoms with Gasteiger partial charge in [0.15, 0.2) is 5.15 Å². The molecule has 0 unspecified atom stereocenters. The first kappa shape index (κ1) is 9.73. The Hall–Kier alpha value is -1.36. The van der Waals surface area contributed by atoms with Crippen LogP contribution in [0.4, 0.5) is 5.82 Å². The SMILES string of the molecule is CN(C)c1cnc(C(=N)N)c(Cl)n1. The summed E-state index contributed by atoms with van der Waals surface area (Å²) in [6.45, 7) is 0. The Morgan fingerprint density at radius 3 is 2.62 bits per heavy atom. The van der Waals surface area contributed by atoms with E-state index in [1.165, 1.54) is 6.20 Å². The Morgan fingerprint density at radius 1 is 1.62 bits per heavy atom. The zero-order valence-corrected chi connectivity index (χ0v) is 8.13. The monoisotopic (exact) mass is 199 g/mol. The first-order chi connectivity index (χ1) is 6.02. The molecular weight excluding hydrogens is 190 g/mol. The van der Waals surface area contributed by atoms with E-state index in [1.54, 1.807) is 4.90 Å². The molecule has 0 aromatic carbocycles. The Morgan fingerprint density at radius 2 is 2.23 bits per heavy atom. The molecule has 0 saturated carbocycles. The van der Waals surface area contributed by atoms with Gasteiger partial charge in [-0.15, -0.1) is 0 Å². The highest BCUT2D eigenvalue weighted by Crippen LogP contribution is 2.14. The van der Waals surface area contributed by atoms with Gasteiger partial charge in [0.25, 0.3) is 0 Å². The highest BCUT2D eigenvalue weighted by molar-refractivity contribution is 6.32. The summed E-state index contributed by atoms with van der Waals surface area (Å²) in [7, 11) is 3.65. The average molecular weight is 200 g/mol. The number of nitrogens with one attached hydrogen (secondary N) is 1. The molecule has 0 fully saturated rings. The van der Waals surface area contributed by atoms with Gasteiger partial charge in [-0.1, -0.05) is 11.6 Å². The van der Waals surface area contributed by atoms with Crippen molar-refractivity contribution in [3.05, 3.63) is 17.0 Å². The van der Waals surface area contributed by atoms with Crippen LogP contribution in [0.5, 0.6) is 0 Å². The molecule has 0 aliphatic carbocycles. The quantitative estimate of drug-likeness (QED) is 0.537. The molecule has 1 aromatic rings. The molecular formula is C7H10ClN5. The number of halogens is 1. The number of amidine groups is 1. The summed E-state index contributed by atoms with van der Waals surface area (Å²) >= 11 is 5.75. The lowest BCUT2D eigenvalue weighted by Crippen LogP contribution is -2.17. The molecule has 70 valence electrons. The van der Waals surface area contributed by atoms with E-state index in [0.717, 1.165) is 0 Å². The maximum absolute atomic E-state index is 7.13. The molecule has 1 rings (SSSR count).